The molecule has 29 heavy (non-hydrogen) atoms. The topological polar surface area (TPSA) is 66.7 Å². The predicted molar refractivity (Wildman–Crippen MR) is 128 cm³/mol. The van der Waals surface area contributed by atoms with Gasteiger partial charge in [0.2, 0.25) is 0 Å². The van der Waals surface area contributed by atoms with Gasteiger partial charge in [0.25, 0.3) is 0 Å². The highest BCUT2D eigenvalue weighted by atomic mass is 127. The summed E-state index contributed by atoms with van der Waals surface area (Å²) in [4.78, 5) is 7.27. The zero-order valence-corrected chi connectivity index (χ0v) is 19.9. The predicted octanol–water partition coefficient (Wildman–Crippen LogP) is 2.94. The number of aromatic nitrogens is 2. The Balaban J connectivity index is 0.00000300. The first-order valence-electron chi connectivity index (χ1n) is 10.1. The Hall–Kier alpha value is -1.81. The molecule has 1 saturated heterocycles. The van der Waals surface area contributed by atoms with Crippen LogP contribution in [0.25, 0.3) is 0 Å². The quantitative estimate of drug-likeness (QED) is 0.324. The SMILES string of the molecule is CCNC(=NCc1cnn(C)c1)NCC(c1cccc(OC)c1)N1CCCC1.I. The van der Waals surface area contributed by atoms with Crippen LogP contribution in [0.3, 0.4) is 0 Å². The molecule has 0 amide bonds. The lowest BCUT2D eigenvalue weighted by molar-refractivity contribution is 0.245. The summed E-state index contributed by atoms with van der Waals surface area (Å²) >= 11 is 0. The number of aryl methyl sites for hydroxylation is 1. The summed E-state index contributed by atoms with van der Waals surface area (Å²) in [5, 5.41) is 11.1. The van der Waals surface area contributed by atoms with Gasteiger partial charge in [-0.2, -0.15) is 5.10 Å². The van der Waals surface area contributed by atoms with E-state index in [4.69, 9.17) is 9.73 Å². The number of ether oxygens (including phenoxy) is 1. The van der Waals surface area contributed by atoms with Crippen LogP contribution in [0.5, 0.6) is 5.75 Å². The Labute approximate surface area is 190 Å². The van der Waals surface area contributed by atoms with Gasteiger partial charge in [-0.1, -0.05) is 12.1 Å². The van der Waals surface area contributed by atoms with Gasteiger partial charge >= 0.3 is 0 Å². The van der Waals surface area contributed by atoms with Gasteiger partial charge in [-0.15, -0.1) is 24.0 Å². The third kappa shape index (κ3) is 6.88. The number of nitrogens with zero attached hydrogens (tertiary/aromatic N) is 4. The van der Waals surface area contributed by atoms with E-state index < -0.39 is 0 Å². The van der Waals surface area contributed by atoms with Crippen LogP contribution in [0.15, 0.2) is 41.7 Å². The summed E-state index contributed by atoms with van der Waals surface area (Å²) in [6, 6.07) is 8.69. The Kier molecular flexibility index (Phi) is 9.72. The van der Waals surface area contributed by atoms with Crippen molar-refractivity contribution in [2.24, 2.45) is 12.0 Å². The zero-order chi connectivity index (χ0) is 19.8. The third-order valence-electron chi connectivity index (χ3n) is 5.05. The highest BCUT2D eigenvalue weighted by molar-refractivity contribution is 14.0. The summed E-state index contributed by atoms with van der Waals surface area (Å²) in [7, 11) is 3.64. The molecule has 0 spiro atoms. The van der Waals surface area contributed by atoms with Gasteiger partial charge in [-0.25, -0.2) is 4.99 Å². The maximum absolute atomic E-state index is 5.44. The smallest absolute Gasteiger partial charge is 0.191 e. The largest absolute Gasteiger partial charge is 0.497 e. The van der Waals surface area contributed by atoms with Crippen molar-refractivity contribution in [3.05, 3.63) is 47.8 Å². The number of hydrogen-bond donors (Lipinski definition) is 2. The minimum Gasteiger partial charge on any atom is -0.497 e. The zero-order valence-electron chi connectivity index (χ0n) is 17.6. The molecule has 0 radical (unpaired) electrons. The van der Waals surface area contributed by atoms with Gasteiger partial charge in [0, 0.05) is 31.9 Å². The number of benzene rings is 1. The second-order valence-electron chi connectivity index (χ2n) is 7.13. The van der Waals surface area contributed by atoms with E-state index in [2.05, 4.69) is 45.8 Å². The molecule has 0 saturated carbocycles. The molecule has 3 rings (SSSR count). The van der Waals surface area contributed by atoms with Gasteiger partial charge in [-0.05, 0) is 50.6 Å². The fourth-order valence-corrected chi connectivity index (χ4v) is 3.62. The molecule has 7 nitrogen and oxygen atoms in total. The highest BCUT2D eigenvalue weighted by Gasteiger charge is 2.24. The molecular weight excluding hydrogens is 479 g/mol. The molecule has 1 atom stereocenters. The molecule has 1 unspecified atom stereocenters. The van der Waals surface area contributed by atoms with Gasteiger partial charge in [0.05, 0.1) is 25.9 Å². The van der Waals surface area contributed by atoms with Crippen LogP contribution >= 0.6 is 24.0 Å². The third-order valence-corrected chi connectivity index (χ3v) is 5.05. The van der Waals surface area contributed by atoms with Crippen molar-refractivity contribution in [1.29, 1.82) is 0 Å². The van der Waals surface area contributed by atoms with Crippen LogP contribution in [0.1, 0.15) is 36.9 Å². The average molecular weight is 512 g/mol. The molecule has 0 aliphatic carbocycles. The standard InChI is InChI=1S/C21H32N6O.HI/c1-4-22-21(23-13-17-14-25-26(2)16-17)24-15-20(27-10-5-6-11-27)18-8-7-9-19(12-18)28-3;/h7-9,12,14,16,20H,4-6,10-11,13,15H2,1-3H3,(H2,22,23,24);1H. The molecule has 1 aliphatic rings. The first-order valence-corrected chi connectivity index (χ1v) is 10.1. The van der Waals surface area contributed by atoms with Crippen LogP contribution in [0, 0.1) is 0 Å². The van der Waals surface area contributed by atoms with Gasteiger partial charge in [0.15, 0.2) is 5.96 Å². The van der Waals surface area contributed by atoms with E-state index >= 15 is 0 Å². The van der Waals surface area contributed by atoms with Gasteiger partial charge in [-0.3, -0.25) is 9.58 Å². The first-order chi connectivity index (χ1) is 13.7. The Bertz CT molecular complexity index is 772. The van der Waals surface area contributed by atoms with Crippen LogP contribution < -0.4 is 15.4 Å². The van der Waals surface area contributed by atoms with E-state index in [0.717, 1.165) is 43.5 Å². The van der Waals surface area contributed by atoms with Crippen molar-refractivity contribution in [2.75, 3.05) is 33.3 Å². The molecule has 1 aromatic carbocycles. The lowest BCUT2D eigenvalue weighted by atomic mass is 10.1. The van der Waals surface area contributed by atoms with E-state index in [9.17, 15) is 0 Å². The number of halogens is 1. The number of guanidine groups is 1. The minimum absolute atomic E-state index is 0. The molecule has 160 valence electrons. The average Bonchev–Trinajstić information content (AvgIpc) is 3.38. The monoisotopic (exact) mass is 512 g/mol. The van der Waals surface area contributed by atoms with Gasteiger partial charge in [0.1, 0.15) is 5.75 Å². The van der Waals surface area contributed by atoms with Crippen molar-refractivity contribution in [1.82, 2.24) is 25.3 Å². The minimum atomic E-state index is 0. The van der Waals surface area contributed by atoms with E-state index in [1.54, 1.807) is 11.8 Å². The number of hydrogen-bond acceptors (Lipinski definition) is 4. The van der Waals surface area contributed by atoms with Crippen LogP contribution in [-0.2, 0) is 13.6 Å². The van der Waals surface area contributed by atoms with Crippen molar-refractivity contribution in [3.63, 3.8) is 0 Å². The number of aliphatic imine (C=N–C) groups is 1. The molecule has 1 aromatic heterocycles. The maximum atomic E-state index is 5.44. The molecular formula is C21H33IN6O. The van der Waals surface area contributed by atoms with Crippen molar-refractivity contribution in [3.8, 4) is 5.75 Å². The van der Waals surface area contributed by atoms with Gasteiger partial charge < -0.3 is 15.4 Å². The van der Waals surface area contributed by atoms with E-state index in [1.807, 2.05) is 25.5 Å². The van der Waals surface area contributed by atoms with E-state index in [1.165, 1.54) is 18.4 Å². The summed E-state index contributed by atoms with van der Waals surface area (Å²) in [6.45, 7) is 6.58. The maximum Gasteiger partial charge on any atom is 0.191 e. The van der Waals surface area contributed by atoms with Crippen molar-refractivity contribution in [2.45, 2.75) is 32.4 Å². The second kappa shape index (κ2) is 12.0. The molecule has 2 heterocycles. The number of methoxy groups -OCH3 is 1. The summed E-state index contributed by atoms with van der Waals surface area (Å²) in [5.41, 5.74) is 2.38. The fraction of sp³-hybridized carbons (Fsp3) is 0.524. The van der Waals surface area contributed by atoms with E-state index in [0.29, 0.717) is 12.6 Å². The molecule has 1 fully saturated rings. The van der Waals surface area contributed by atoms with Crippen molar-refractivity contribution < 1.29 is 4.74 Å². The molecule has 1 aliphatic heterocycles. The number of nitrogens with one attached hydrogen (secondary N) is 2. The molecule has 2 aromatic rings. The molecule has 0 bridgehead atoms. The number of likely N-dealkylation sites (tertiary alicyclic amines) is 1. The molecule has 8 heteroatoms. The second-order valence-corrected chi connectivity index (χ2v) is 7.13. The number of rotatable bonds is 8. The normalized spacial score (nSPS) is 15.6. The Morgan fingerprint density at radius 1 is 1.28 bits per heavy atom. The Morgan fingerprint density at radius 3 is 2.72 bits per heavy atom. The lowest BCUT2D eigenvalue weighted by Gasteiger charge is -2.29. The fourth-order valence-electron chi connectivity index (χ4n) is 3.62. The van der Waals surface area contributed by atoms with Crippen molar-refractivity contribution >= 4 is 29.9 Å². The summed E-state index contributed by atoms with van der Waals surface area (Å²) in [6.07, 6.45) is 6.37. The lowest BCUT2D eigenvalue weighted by Crippen LogP contribution is -2.42. The van der Waals surface area contributed by atoms with E-state index in [-0.39, 0.29) is 24.0 Å². The molecule has 2 N–H and O–H groups in total. The first kappa shape index (κ1) is 23.5. The summed E-state index contributed by atoms with van der Waals surface area (Å²) in [5.74, 6) is 1.73. The summed E-state index contributed by atoms with van der Waals surface area (Å²) < 4.78 is 7.24. The Morgan fingerprint density at radius 2 is 2.07 bits per heavy atom. The van der Waals surface area contributed by atoms with Crippen LogP contribution in [0.4, 0.5) is 0 Å². The van der Waals surface area contributed by atoms with Crippen LogP contribution in [-0.4, -0.2) is 53.9 Å². The van der Waals surface area contributed by atoms with Crippen LogP contribution in [0.2, 0.25) is 0 Å². The highest BCUT2D eigenvalue weighted by Crippen LogP contribution is 2.27.